The van der Waals surface area contributed by atoms with Crippen molar-refractivity contribution >= 4 is 0 Å². The van der Waals surface area contributed by atoms with Crippen LogP contribution in [0, 0.1) is 5.41 Å². The number of nitrogens with one attached hydrogen (secondary N) is 1. The summed E-state index contributed by atoms with van der Waals surface area (Å²) < 4.78 is 5.98. The minimum atomic E-state index is 0.0125. The van der Waals surface area contributed by atoms with Crippen molar-refractivity contribution in [2.24, 2.45) is 5.41 Å². The maximum atomic E-state index is 5.98. The van der Waals surface area contributed by atoms with Crippen molar-refractivity contribution in [1.29, 1.82) is 0 Å². The summed E-state index contributed by atoms with van der Waals surface area (Å²) in [4.78, 5) is 2.62. The van der Waals surface area contributed by atoms with Gasteiger partial charge in [-0.3, -0.25) is 4.90 Å². The quantitative estimate of drug-likeness (QED) is 0.815. The molecular formula is C14H28N2O. The van der Waals surface area contributed by atoms with Gasteiger partial charge >= 0.3 is 0 Å². The molecule has 2 saturated heterocycles. The molecule has 2 heterocycles. The highest BCUT2D eigenvalue weighted by Crippen LogP contribution is 2.32. The van der Waals surface area contributed by atoms with Gasteiger partial charge in [-0.2, -0.15) is 0 Å². The second-order valence-electron chi connectivity index (χ2n) is 6.64. The SMILES string of the molecule is CCC1(CN2CC(C)OC(C)(C)C2)CCNC1. The molecule has 17 heavy (non-hydrogen) atoms. The number of morpholine rings is 1. The third-order valence-corrected chi connectivity index (χ3v) is 4.28. The molecule has 0 saturated carbocycles. The van der Waals surface area contributed by atoms with Crippen LogP contribution in [-0.2, 0) is 4.74 Å². The molecule has 2 aliphatic heterocycles. The van der Waals surface area contributed by atoms with Crippen molar-refractivity contribution < 1.29 is 4.74 Å². The first-order chi connectivity index (χ1) is 7.95. The zero-order valence-corrected chi connectivity index (χ0v) is 11.9. The lowest BCUT2D eigenvalue weighted by Crippen LogP contribution is -2.54. The number of ether oxygens (including phenoxy) is 1. The highest BCUT2D eigenvalue weighted by atomic mass is 16.5. The van der Waals surface area contributed by atoms with Gasteiger partial charge in [0.1, 0.15) is 0 Å². The molecular weight excluding hydrogens is 212 g/mol. The van der Waals surface area contributed by atoms with Gasteiger partial charge in [0.05, 0.1) is 11.7 Å². The second-order valence-corrected chi connectivity index (χ2v) is 6.64. The maximum absolute atomic E-state index is 5.98. The minimum Gasteiger partial charge on any atom is -0.370 e. The molecule has 2 unspecified atom stereocenters. The molecule has 0 radical (unpaired) electrons. The molecule has 2 aliphatic rings. The van der Waals surface area contributed by atoms with Crippen LogP contribution in [0.3, 0.4) is 0 Å². The Morgan fingerprint density at radius 2 is 2.18 bits per heavy atom. The summed E-state index contributed by atoms with van der Waals surface area (Å²) >= 11 is 0. The van der Waals surface area contributed by atoms with Crippen molar-refractivity contribution in [2.45, 2.75) is 52.2 Å². The Labute approximate surface area is 106 Å². The van der Waals surface area contributed by atoms with Gasteiger partial charge in [0.25, 0.3) is 0 Å². The summed E-state index contributed by atoms with van der Waals surface area (Å²) in [5, 5.41) is 3.53. The van der Waals surface area contributed by atoms with Gasteiger partial charge in [-0.25, -0.2) is 0 Å². The van der Waals surface area contributed by atoms with Crippen LogP contribution in [0.1, 0.15) is 40.5 Å². The average Bonchev–Trinajstić information content (AvgIpc) is 2.63. The van der Waals surface area contributed by atoms with E-state index in [0.717, 1.165) is 13.1 Å². The van der Waals surface area contributed by atoms with Crippen LogP contribution in [0.25, 0.3) is 0 Å². The molecule has 2 rings (SSSR count). The van der Waals surface area contributed by atoms with Gasteiger partial charge in [0.2, 0.25) is 0 Å². The molecule has 0 aromatic rings. The maximum Gasteiger partial charge on any atom is 0.0757 e. The molecule has 0 aromatic heterocycles. The number of hydrogen-bond acceptors (Lipinski definition) is 3. The highest BCUT2D eigenvalue weighted by Gasteiger charge is 2.38. The number of hydrogen-bond donors (Lipinski definition) is 1. The van der Waals surface area contributed by atoms with Gasteiger partial charge in [-0.05, 0) is 45.6 Å². The minimum absolute atomic E-state index is 0.0125. The molecule has 1 N–H and O–H groups in total. The van der Waals surface area contributed by atoms with Crippen molar-refractivity contribution in [2.75, 3.05) is 32.7 Å². The van der Waals surface area contributed by atoms with Crippen LogP contribution in [0.2, 0.25) is 0 Å². The molecule has 0 bridgehead atoms. The lowest BCUT2D eigenvalue weighted by atomic mass is 9.83. The molecule has 3 heteroatoms. The van der Waals surface area contributed by atoms with Gasteiger partial charge in [-0.1, -0.05) is 6.92 Å². The van der Waals surface area contributed by atoms with E-state index >= 15 is 0 Å². The molecule has 0 aromatic carbocycles. The van der Waals surface area contributed by atoms with Gasteiger partial charge in [0.15, 0.2) is 0 Å². The Morgan fingerprint density at radius 1 is 1.41 bits per heavy atom. The number of nitrogens with zero attached hydrogens (tertiary/aromatic N) is 1. The molecule has 100 valence electrons. The molecule has 2 fully saturated rings. The van der Waals surface area contributed by atoms with Crippen molar-refractivity contribution in [3.05, 3.63) is 0 Å². The van der Waals surface area contributed by atoms with Crippen LogP contribution >= 0.6 is 0 Å². The van der Waals surface area contributed by atoms with Crippen molar-refractivity contribution in [3.8, 4) is 0 Å². The van der Waals surface area contributed by atoms with E-state index in [-0.39, 0.29) is 5.60 Å². The van der Waals surface area contributed by atoms with Crippen LogP contribution in [0.4, 0.5) is 0 Å². The van der Waals surface area contributed by atoms with Gasteiger partial charge < -0.3 is 10.1 Å². The highest BCUT2D eigenvalue weighted by molar-refractivity contribution is 4.92. The first-order valence-corrected chi connectivity index (χ1v) is 7.06. The summed E-state index contributed by atoms with van der Waals surface area (Å²) in [6, 6.07) is 0. The zero-order chi connectivity index (χ0) is 12.5. The Kier molecular flexibility index (Phi) is 3.81. The van der Waals surface area contributed by atoms with Crippen molar-refractivity contribution in [1.82, 2.24) is 10.2 Å². The molecule has 0 amide bonds. The Balaban J connectivity index is 1.97. The van der Waals surface area contributed by atoms with E-state index < -0.39 is 0 Å². The predicted octanol–water partition coefficient (Wildman–Crippen LogP) is 1.88. The second kappa shape index (κ2) is 4.87. The number of rotatable bonds is 3. The van der Waals surface area contributed by atoms with E-state index in [4.69, 9.17) is 4.74 Å². The summed E-state index contributed by atoms with van der Waals surface area (Å²) in [6.07, 6.45) is 2.98. The van der Waals surface area contributed by atoms with Crippen molar-refractivity contribution in [3.63, 3.8) is 0 Å². The summed E-state index contributed by atoms with van der Waals surface area (Å²) in [6.45, 7) is 14.7. The Bertz CT molecular complexity index is 259. The molecule has 2 atom stereocenters. The molecule has 3 nitrogen and oxygen atoms in total. The van der Waals surface area contributed by atoms with E-state index in [1.807, 2.05) is 0 Å². The third-order valence-electron chi connectivity index (χ3n) is 4.28. The standard InChI is InChI=1S/C14H28N2O/c1-5-14(6-7-15-9-14)11-16-8-12(2)17-13(3,4)10-16/h12,15H,5-11H2,1-4H3. The van der Waals surface area contributed by atoms with E-state index in [9.17, 15) is 0 Å². The average molecular weight is 240 g/mol. The fourth-order valence-corrected chi connectivity index (χ4v) is 3.52. The summed E-state index contributed by atoms with van der Waals surface area (Å²) in [5.74, 6) is 0. The van der Waals surface area contributed by atoms with Crippen LogP contribution < -0.4 is 5.32 Å². The predicted molar refractivity (Wildman–Crippen MR) is 71.3 cm³/mol. The normalized spacial score (nSPS) is 38.5. The Morgan fingerprint density at radius 3 is 2.71 bits per heavy atom. The van der Waals surface area contributed by atoms with Crippen LogP contribution in [0.5, 0.6) is 0 Å². The fourth-order valence-electron chi connectivity index (χ4n) is 3.52. The fraction of sp³-hybridized carbons (Fsp3) is 1.00. The monoisotopic (exact) mass is 240 g/mol. The third kappa shape index (κ3) is 3.21. The lowest BCUT2D eigenvalue weighted by Gasteiger charge is -2.45. The van der Waals surface area contributed by atoms with E-state index in [1.54, 1.807) is 0 Å². The topological polar surface area (TPSA) is 24.5 Å². The zero-order valence-electron chi connectivity index (χ0n) is 11.9. The summed E-state index contributed by atoms with van der Waals surface area (Å²) in [7, 11) is 0. The van der Waals surface area contributed by atoms with E-state index in [0.29, 0.717) is 11.5 Å². The lowest BCUT2D eigenvalue weighted by molar-refractivity contribution is -0.134. The smallest absolute Gasteiger partial charge is 0.0757 e. The summed E-state index contributed by atoms with van der Waals surface area (Å²) in [5.41, 5.74) is 0.520. The largest absolute Gasteiger partial charge is 0.370 e. The Hall–Kier alpha value is -0.120. The van der Waals surface area contributed by atoms with Gasteiger partial charge in [-0.15, -0.1) is 0 Å². The first-order valence-electron chi connectivity index (χ1n) is 7.06. The van der Waals surface area contributed by atoms with E-state index in [1.165, 1.54) is 32.5 Å². The molecule has 0 aliphatic carbocycles. The van der Waals surface area contributed by atoms with Crippen LogP contribution in [0.15, 0.2) is 0 Å². The van der Waals surface area contributed by atoms with Gasteiger partial charge in [0, 0.05) is 26.2 Å². The van der Waals surface area contributed by atoms with E-state index in [2.05, 4.69) is 37.9 Å². The van der Waals surface area contributed by atoms with Crippen LogP contribution in [-0.4, -0.2) is 49.3 Å². The first kappa shape index (κ1) is 13.3. The molecule has 0 spiro atoms.